The number of aliphatic hydroxyl groups excluding tert-OH is 2. The minimum Gasteiger partial charge on any atom is -0.394 e. The Hall–Kier alpha value is 0.490. The summed E-state index contributed by atoms with van der Waals surface area (Å²) >= 11 is 0. The zero-order valence-corrected chi connectivity index (χ0v) is 8.49. The molecule has 0 radical (unpaired) electrons. The molecule has 0 saturated carbocycles. The third kappa shape index (κ3) is 18.0. The second-order valence-electron chi connectivity index (χ2n) is 1.23. The highest BCUT2D eigenvalue weighted by Gasteiger charge is 1.83. The van der Waals surface area contributed by atoms with Crippen LogP contribution in [0, 0.1) is 0 Å². The number of aliphatic hydroxyl groups is 2. The molecule has 72 valence electrons. The van der Waals surface area contributed by atoms with Gasteiger partial charge in [-0.15, -0.1) is 24.0 Å². The molecule has 0 unspecified atom stereocenters. The molecule has 0 aliphatic carbocycles. The van der Waals surface area contributed by atoms with Gasteiger partial charge in [-0.3, -0.25) is 9.68 Å². The Morgan fingerprint density at radius 2 is 1.36 bits per heavy atom. The lowest BCUT2D eigenvalue weighted by atomic mass is 10.8. The van der Waals surface area contributed by atoms with Crippen molar-refractivity contribution in [3.05, 3.63) is 0 Å². The van der Waals surface area contributed by atoms with E-state index in [2.05, 4.69) is 15.3 Å². The quantitative estimate of drug-likeness (QED) is 0.289. The highest BCUT2D eigenvalue weighted by molar-refractivity contribution is 14.0. The number of hydrogen-bond acceptors (Lipinski definition) is 6. The predicted molar refractivity (Wildman–Crippen MR) is 49.6 cm³/mol. The Labute approximate surface area is 82.4 Å². The lowest BCUT2D eigenvalue weighted by Crippen LogP contribution is -2.19. The summed E-state index contributed by atoms with van der Waals surface area (Å²) in [5.74, 6) is 0. The molecule has 0 aromatic rings. The summed E-state index contributed by atoms with van der Waals surface area (Å²) in [4.78, 5) is 8.90. The number of hydrogen-bond donors (Lipinski definition) is 4. The second-order valence-corrected chi connectivity index (χ2v) is 1.23. The molecule has 11 heavy (non-hydrogen) atoms. The Morgan fingerprint density at radius 3 is 1.64 bits per heavy atom. The van der Waals surface area contributed by atoms with E-state index < -0.39 is 0 Å². The third-order valence-corrected chi connectivity index (χ3v) is 0.505. The van der Waals surface area contributed by atoms with Gasteiger partial charge in [0.05, 0.1) is 26.4 Å². The maximum Gasteiger partial charge on any atom is 0.0940 e. The average molecular weight is 282 g/mol. The van der Waals surface area contributed by atoms with Crippen LogP contribution in [0.4, 0.5) is 0 Å². The molecule has 6 N–H and O–H groups in total. The topological polar surface area (TPSA) is 106 Å². The molecule has 0 rings (SSSR count). The van der Waals surface area contributed by atoms with Gasteiger partial charge in [0.15, 0.2) is 0 Å². The third-order valence-electron chi connectivity index (χ3n) is 0.505. The molecular weight excluding hydrogens is 267 g/mol. The van der Waals surface area contributed by atoms with E-state index in [1.165, 1.54) is 0 Å². The van der Waals surface area contributed by atoms with Crippen LogP contribution in [-0.4, -0.2) is 36.6 Å². The van der Waals surface area contributed by atoms with E-state index >= 15 is 0 Å². The Kier molecular flexibility index (Phi) is 26.9. The Morgan fingerprint density at radius 1 is 1.00 bits per heavy atom. The highest BCUT2D eigenvalue weighted by Crippen LogP contribution is 1.67. The first kappa shape index (κ1) is 17.5. The number of rotatable bonds is 6. The van der Waals surface area contributed by atoms with E-state index in [4.69, 9.17) is 10.2 Å². The minimum absolute atomic E-state index is 0. The summed E-state index contributed by atoms with van der Waals surface area (Å²) < 4.78 is 0. The van der Waals surface area contributed by atoms with Crippen molar-refractivity contribution in [1.82, 2.24) is 11.8 Å². The monoisotopic (exact) mass is 282 g/mol. The van der Waals surface area contributed by atoms with E-state index in [9.17, 15) is 0 Å². The maximum absolute atomic E-state index is 8.15. The van der Waals surface area contributed by atoms with E-state index in [1.807, 2.05) is 0 Å². The van der Waals surface area contributed by atoms with Crippen molar-refractivity contribution in [1.29, 1.82) is 0 Å². The normalized spacial score (nSPS) is 8.18. The Balaban J connectivity index is -0.000000320. The van der Waals surface area contributed by atoms with Crippen molar-refractivity contribution in [2.45, 2.75) is 0 Å². The van der Waals surface area contributed by atoms with Crippen LogP contribution >= 0.6 is 24.0 Å². The van der Waals surface area contributed by atoms with E-state index in [-0.39, 0.29) is 56.6 Å². The summed E-state index contributed by atoms with van der Waals surface area (Å²) in [6, 6.07) is 0. The molecule has 0 aliphatic heterocycles. The Bertz CT molecular complexity index is 53.4. The van der Waals surface area contributed by atoms with Gasteiger partial charge in [0.2, 0.25) is 0 Å². The van der Waals surface area contributed by atoms with Crippen LogP contribution in [0.5, 0.6) is 0 Å². The van der Waals surface area contributed by atoms with Crippen molar-refractivity contribution in [2.24, 2.45) is 0 Å². The van der Waals surface area contributed by atoms with Crippen LogP contribution in [0.3, 0.4) is 0 Å². The van der Waals surface area contributed by atoms with Crippen molar-refractivity contribution in [3.8, 4) is 0 Å². The van der Waals surface area contributed by atoms with E-state index in [0.29, 0.717) is 0 Å². The SMILES string of the molecule is I.N.OCCONOCCO. The summed E-state index contributed by atoms with van der Waals surface area (Å²) in [6.45, 7) is 0.224. The van der Waals surface area contributed by atoms with Crippen molar-refractivity contribution in [3.63, 3.8) is 0 Å². The van der Waals surface area contributed by atoms with Gasteiger partial charge >= 0.3 is 0 Å². The maximum atomic E-state index is 8.15. The molecule has 0 saturated heterocycles. The molecule has 0 amide bonds. The van der Waals surface area contributed by atoms with Crippen LogP contribution < -0.4 is 11.8 Å². The summed E-state index contributed by atoms with van der Waals surface area (Å²) in [7, 11) is 0. The van der Waals surface area contributed by atoms with Crippen LogP contribution in [0.25, 0.3) is 0 Å². The number of halogens is 1. The van der Waals surface area contributed by atoms with E-state index in [0.717, 1.165) is 0 Å². The van der Waals surface area contributed by atoms with Crippen LogP contribution in [-0.2, 0) is 9.68 Å². The molecule has 7 heteroatoms. The zero-order chi connectivity index (χ0) is 6.95. The largest absolute Gasteiger partial charge is 0.394 e. The first-order valence-electron chi connectivity index (χ1n) is 2.62. The molecule has 0 fully saturated rings. The van der Waals surface area contributed by atoms with Crippen molar-refractivity contribution >= 4 is 24.0 Å². The molecule has 0 heterocycles. The van der Waals surface area contributed by atoms with Crippen molar-refractivity contribution < 1.29 is 19.9 Å². The molecular formula is C4H15IN2O4. The fraction of sp³-hybridized carbons (Fsp3) is 1.00. The first-order valence-corrected chi connectivity index (χ1v) is 2.62. The highest BCUT2D eigenvalue weighted by atomic mass is 127. The average Bonchev–Trinajstić information content (AvgIpc) is 1.89. The number of nitrogens with one attached hydrogen (secondary N) is 1. The molecule has 0 spiro atoms. The first-order chi connectivity index (χ1) is 4.41. The van der Waals surface area contributed by atoms with Gasteiger partial charge in [0, 0.05) is 0 Å². The molecule has 0 aliphatic rings. The minimum atomic E-state index is -0.0600. The van der Waals surface area contributed by atoms with Gasteiger partial charge in [-0.1, -0.05) is 5.64 Å². The predicted octanol–water partition coefficient (Wildman–Crippen LogP) is -0.796. The van der Waals surface area contributed by atoms with Crippen LogP contribution in [0.1, 0.15) is 0 Å². The molecule has 0 aromatic heterocycles. The smallest absolute Gasteiger partial charge is 0.0940 e. The van der Waals surface area contributed by atoms with Crippen LogP contribution in [0.2, 0.25) is 0 Å². The van der Waals surface area contributed by atoms with Crippen LogP contribution in [0.15, 0.2) is 0 Å². The molecule has 0 atom stereocenters. The van der Waals surface area contributed by atoms with Gasteiger partial charge < -0.3 is 16.4 Å². The molecule has 0 bridgehead atoms. The summed E-state index contributed by atoms with van der Waals surface area (Å²) in [5, 5.41) is 16.3. The summed E-state index contributed by atoms with van der Waals surface area (Å²) in [5.41, 5.74) is 2.07. The zero-order valence-electron chi connectivity index (χ0n) is 6.15. The van der Waals surface area contributed by atoms with Gasteiger partial charge in [-0.2, -0.15) is 0 Å². The lowest BCUT2D eigenvalue weighted by molar-refractivity contribution is -0.178. The van der Waals surface area contributed by atoms with Gasteiger partial charge in [-0.25, -0.2) is 0 Å². The van der Waals surface area contributed by atoms with Gasteiger partial charge in [-0.05, 0) is 0 Å². The summed E-state index contributed by atoms with van der Waals surface area (Å²) in [6.07, 6.45) is 0. The molecule has 0 aromatic carbocycles. The fourth-order valence-electron chi connectivity index (χ4n) is 0.216. The lowest BCUT2D eigenvalue weighted by Gasteiger charge is -2.01. The second kappa shape index (κ2) is 16.8. The molecule has 6 nitrogen and oxygen atoms in total. The van der Waals surface area contributed by atoms with Crippen molar-refractivity contribution in [2.75, 3.05) is 26.4 Å². The fourth-order valence-corrected chi connectivity index (χ4v) is 0.216. The van der Waals surface area contributed by atoms with E-state index in [1.54, 1.807) is 0 Å². The van der Waals surface area contributed by atoms with Gasteiger partial charge in [0.1, 0.15) is 0 Å². The van der Waals surface area contributed by atoms with Gasteiger partial charge in [0.25, 0.3) is 0 Å². The standard InChI is InChI=1S/C4H11NO4.HI.H3N/c6-1-3-8-5-9-4-2-7;;/h5-7H,1-4H2;1H;1H3.